The maximum absolute atomic E-state index is 5.99. The third kappa shape index (κ3) is 2.43. The van der Waals surface area contributed by atoms with E-state index in [-0.39, 0.29) is 12.1 Å². The summed E-state index contributed by atoms with van der Waals surface area (Å²) < 4.78 is 5.99. The van der Waals surface area contributed by atoms with Gasteiger partial charge in [-0.3, -0.25) is 4.98 Å². The molecule has 0 spiro atoms. The van der Waals surface area contributed by atoms with Crippen LogP contribution in [-0.4, -0.2) is 24.2 Å². The van der Waals surface area contributed by atoms with Gasteiger partial charge >= 0.3 is 0 Å². The van der Waals surface area contributed by atoms with Crippen LogP contribution in [0.1, 0.15) is 31.9 Å². The Balaban J connectivity index is 2.05. The quantitative estimate of drug-likeness (QED) is 0.925. The molecule has 3 unspecified atom stereocenters. The molecule has 1 aromatic heterocycles. The fourth-order valence-corrected chi connectivity index (χ4v) is 3.15. The number of rotatable bonds is 4. The van der Waals surface area contributed by atoms with Gasteiger partial charge in [-0.15, -0.1) is 0 Å². The molecule has 106 valence electrons. The number of fused-ring (bicyclic) bond motifs is 1. The van der Waals surface area contributed by atoms with Crippen molar-refractivity contribution < 1.29 is 4.74 Å². The first-order chi connectivity index (χ1) is 9.81. The second kappa shape index (κ2) is 5.90. The van der Waals surface area contributed by atoms with Crippen LogP contribution in [0.15, 0.2) is 36.5 Å². The summed E-state index contributed by atoms with van der Waals surface area (Å²) in [6.45, 7) is 6.22. The third-order valence-electron chi connectivity index (χ3n) is 4.20. The Labute approximate surface area is 120 Å². The topological polar surface area (TPSA) is 34.2 Å². The lowest BCUT2D eigenvalue weighted by Crippen LogP contribution is -2.34. The van der Waals surface area contributed by atoms with Gasteiger partial charge in [0.25, 0.3) is 0 Å². The summed E-state index contributed by atoms with van der Waals surface area (Å²) >= 11 is 0. The van der Waals surface area contributed by atoms with Crippen molar-refractivity contribution in [3.05, 3.63) is 42.1 Å². The van der Waals surface area contributed by atoms with Crippen molar-refractivity contribution in [2.24, 2.45) is 5.92 Å². The summed E-state index contributed by atoms with van der Waals surface area (Å²) in [5.41, 5.74) is 2.34. The summed E-state index contributed by atoms with van der Waals surface area (Å²) in [4.78, 5) is 4.59. The molecule has 1 aliphatic heterocycles. The second-order valence-electron chi connectivity index (χ2n) is 5.56. The SMILES string of the molecule is CCNC(c1cccc2cccnc12)C1OCCC1C. The number of ether oxygens (including phenoxy) is 1. The van der Waals surface area contributed by atoms with E-state index in [1.807, 2.05) is 12.3 Å². The molecule has 3 nitrogen and oxygen atoms in total. The maximum atomic E-state index is 5.99. The Morgan fingerprint density at radius 3 is 2.95 bits per heavy atom. The number of para-hydroxylation sites is 1. The summed E-state index contributed by atoms with van der Waals surface area (Å²) in [5.74, 6) is 0.581. The molecule has 1 saturated heterocycles. The lowest BCUT2D eigenvalue weighted by atomic mass is 9.91. The second-order valence-corrected chi connectivity index (χ2v) is 5.56. The number of nitrogens with one attached hydrogen (secondary N) is 1. The molecule has 3 heteroatoms. The predicted octanol–water partition coefficient (Wildman–Crippen LogP) is 3.31. The zero-order valence-corrected chi connectivity index (χ0v) is 12.2. The average Bonchev–Trinajstić information content (AvgIpc) is 2.90. The highest BCUT2D eigenvalue weighted by molar-refractivity contribution is 5.82. The molecule has 0 aliphatic carbocycles. The minimum atomic E-state index is 0.219. The third-order valence-corrected chi connectivity index (χ3v) is 4.20. The number of pyridine rings is 1. The molecular formula is C17H22N2O. The van der Waals surface area contributed by atoms with Crippen molar-refractivity contribution >= 4 is 10.9 Å². The van der Waals surface area contributed by atoms with Gasteiger partial charge in [0.05, 0.1) is 17.7 Å². The van der Waals surface area contributed by atoms with E-state index in [0.717, 1.165) is 25.1 Å². The fourth-order valence-electron chi connectivity index (χ4n) is 3.15. The van der Waals surface area contributed by atoms with E-state index in [1.165, 1.54) is 10.9 Å². The highest BCUT2D eigenvalue weighted by Gasteiger charge is 2.33. The molecular weight excluding hydrogens is 248 g/mol. The van der Waals surface area contributed by atoms with Gasteiger partial charge in [0, 0.05) is 18.2 Å². The van der Waals surface area contributed by atoms with Crippen molar-refractivity contribution in [3.63, 3.8) is 0 Å². The van der Waals surface area contributed by atoms with Crippen LogP contribution >= 0.6 is 0 Å². The molecule has 0 amide bonds. The molecule has 1 aliphatic rings. The Morgan fingerprint density at radius 2 is 2.20 bits per heavy atom. The minimum absolute atomic E-state index is 0.219. The summed E-state index contributed by atoms with van der Waals surface area (Å²) in [6.07, 6.45) is 3.25. The van der Waals surface area contributed by atoms with Crippen molar-refractivity contribution in [1.82, 2.24) is 10.3 Å². The predicted molar refractivity (Wildman–Crippen MR) is 81.7 cm³/mol. The molecule has 3 rings (SSSR count). The molecule has 1 N–H and O–H groups in total. The summed E-state index contributed by atoms with van der Waals surface area (Å²) in [7, 11) is 0. The van der Waals surface area contributed by atoms with Crippen LogP contribution in [-0.2, 0) is 4.74 Å². The zero-order valence-electron chi connectivity index (χ0n) is 12.2. The van der Waals surface area contributed by atoms with Crippen LogP contribution in [0, 0.1) is 5.92 Å². The van der Waals surface area contributed by atoms with Crippen molar-refractivity contribution in [2.75, 3.05) is 13.2 Å². The Bertz CT molecular complexity index is 579. The molecule has 1 fully saturated rings. The first-order valence-electron chi connectivity index (χ1n) is 7.50. The number of benzene rings is 1. The molecule has 0 radical (unpaired) electrons. The standard InChI is InChI=1S/C17H22N2O/c1-3-18-16(17-12(2)9-11-20-17)14-8-4-6-13-7-5-10-19-15(13)14/h4-8,10,12,16-18H,3,9,11H2,1-2H3. The van der Waals surface area contributed by atoms with Crippen molar-refractivity contribution in [2.45, 2.75) is 32.4 Å². The molecule has 2 heterocycles. The van der Waals surface area contributed by atoms with Gasteiger partial charge < -0.3 is 10.1 Å². The molecule has 1 aromatic carbocycles. The van der Waals surface area contributed by atoms with Crippen LogP contribution in [0.4, 0.5) is 0 Å². The molecule has 20 heavy (non-hydrogen) atoms. The number of nitrogens with zero attached hydrogens (tertiary/aromatic N) is 1. The van der Waals surface area contributed by atoms with Gasteiger partial charge in [-0.1, -0.05) is 38.1 Å². The largest absolute Gasteiger partial charge is 0.376 e. The van der Waals surface area contributed by atoms with Crippen LogP contribution < -0.4 is 5.32 Å². The van der Waals surface area contributed by atoms with Gasteiger partial charge in [0.2, 0.25) is 0 Å². The van der Waals surface area contributed by atoms with E-state index in [4.69, 9.17) is 4.74 Å². The fraction of sp³-hybridized carbons (Fsp3) is 0.471. The van der Waals surface area contributed by atoms with Crippen LogP contribution in [0.2, 0.25) is 0 Å². The first-order valence-corrected chi connectivity index (χ1v) is 7.50. The highest BCUT2D eigenvalue weighted by Crippen LogP contribution is 2.33. The van der Waals surface area contributed by atoms with Crippen LogP contribution in [0.3, 0.4) is 0 Å². The normalized spacial score (nSPS) is 24.1. The first kappa shape index (κ1) is 13.5. The van der Waals surface area contributed by atoms with Crippen LogP contribution in [0.25, 0.3) is 10.9 Å². The lowest BCUT2D eigenvalue weighted by Gasteiger charge is -2.28. The van der Waals surface area contributed by atoms with Gasteiger partial charge in [0.1, 0.15) is 0 Å². The average molecular weight is 270 g/mol. The molecule has 3 atom stereocenters. The van der Waals surface area contributed by atoms with E-state index in [0.29, 0.717) is 5.92 Å². The van der Waals surface area contributed by atoms with Crippen molar-refractivity contribution in [3.8, 4) is 0 Å². The number of aromatic nitrogens is 1. The van der Waals surface area contributed by atoms with Crippen LogP contribution in [0.5, 0.6) is 0 Å². The molecule has 2 aromatic rings. The Hall–Kier alpha value is -1.45. The number of hydrogen-bond acceptors (Lipinski definition) is 3. The van der Waals surface area contributed by atoms with E-state index >= 15 is 0 Å². The molecule has 0 saturated carbocycles. The van der Waals surface area contributed by atoms with E-state index < -0.39 is 0 Å². The Kier molecular flexibility index (Phi) is 3.99. The monoisotopic (exact) mass is 270 g/mol. The zero-order chi connectivity index (χ0) is 13.9. The number of likely N-dealkylation sites (N-methyl/N-ethyl adjacent to an activating group) is 1. The van der Waals surface area contributed by atoms with Gasteiger partial charge in [-0.25, -0.2) is 0 Å². The Morgan fingerprint density at radius 1 is 1.35 bits per heavy atom. The lowest BCUT2D eigenvalue weighted by molar-refractivity contribution is 0.0616. The minimum Gasteiger partial charge on any atom is -0.376 e. The van der Waals surface area contributed by atoms with Crippen molar-refractivity contribution in [1.29, 1.82) is 0 Å². The van der Waals surface area contributed by atoms with E-state index in [1.54, 1.807) is 0 Å². The molecule has 0 bridgehead atoms. The number of hydrogen-bond donors (Lipinski definition) is 1. The maximum Gasteiger partial charge on any atom is 0.0796 e. The highest BCUT2D eigenvalue weighted by atomic mass is 16.5. The van der Waals surface area contributed by atoms with E-state index in [2.05, 4.69) is 48.4 Å². The van der Waals surface area contributed by atoms with E-state index in [9.17, 15) is 0 Å². The van der Waals surface area contributed by atoms with Gasteiger partial charge in [-0.05, 0) is 30.5 Å². The summed E-state index contributed by atoms with van der Waals surface area (Å²) in [6, 6.07) is 10.7. The van der Waals surface area contributed by atoms with Gasteiger partial charge in [-0.2, -0.15) is 0 Å². The smallest absolute Gasteiger partial charge is 0.0796 e. The summed E-state index contributed by atoms with van der Waals surface area (Å²) in [5, 5.41) is 4.79. The van der Waals surface area contributed by atoms with Gasteiger partial charge in [0.15, 0.2) is 0 Å².